The second-order valence-electron chi connectivity index (χ2n) is 3.36. The highest BCUT2D eigenvalue weighted by Gasteiger charge is 2.06. The van der Waals surface area contributed by atoms with Gasteiger partial charge in [0, 0.05) is 12.4 Å². The van der Waals surface area contributed by atoms with Crippen LogP contribution < -0.4 is 10.9 Å². The van der Waals surface area contributed by atoms with Gasteiger partial charge in [0.1, 0.15) is 9.39 Å². The maximum atomic E-state index is 11.2. The average Bonchev–Trinajstić information content (AvgIpc) is 2.21. The van der Waals surface area contributed by atoms with E-state index in [0.29, 0.717) is 21.2 Å². The normalized spacial score (nSPS) is 12.5. The van der Waals surface area contributed by atoms with E-state index in [4.69, 9.17) is 11.6 Å². The lowest BCUT2D eigenvalue weighted by Crippen LogP contribution is -2.18. The zero-order chi connectivity index (χ0) is 11.3. The van der Waals surface area contributed by atoms with Gasteiger partial charge in [-0.3, -0.25) is 4.79 Å². The molecule has 1 aromatic heterocycles. The summed E-state index contributed by atoms with van der Waals surface area (Å²) in [5.41, 5.74) is -0.113. The molecule has 0 amide bonds. The van der Waals surface area contributed by atoms with Crippen LogP contribution in [0.25, 0.3) is 0 Å². The lowest BCUT2D eigenvalue weighted by Gasteiger charge is -2.11. The molecule has 0 aliphatic heterocycles. The molecule has 1 aromatic rings. The first kappa shape index (κ1) is 12.8. The molecule has 0 spiro atoms. The fraction of sp³-hybridized carbons (Fsp3) is 0.556. The summed E-state index contributed by atoms with van der Waals surface area (Å²) in [5, 5.41) is 3.14. The molecule has 1 heterocycles. The zero-order valence-electron chi connectivity index (χ0n) is 8.39. The Kier molecular flexibility index (Phi) is 5.38. The van der Waals surface area contributed by atoms with E-state index >= 15 is 0 Å². The third-order valence-electron chi connectivity index (χ3n) is 2.02. The number of H-pyrrole nitrogens is 1. The topological polar surface area (TPSA) is 57.8 Å². The summed E-state index contributed by atoms with van der Waals surface area (Å²) < 4.78 is 0.591. The molecule has 6 heteroatoms. The molecule has 0 saturated carbocycles. The molecule has 1 unspecified atom stereocenters. The molecule has 84 valence electrons. The molecule has 0 aliphatic rings. The summed E-state index contributed by atoms with van der Waals surface area (Å²) in [6.07, 6.45) is 2.35. The summed E-state index contributed by atoms with van der Waals surface area (Å²) in [4.78, 5) is 17.8. The minimum Gasteiger partial charge on any atom is -0.369 e. The Labute approximate surface area is 107 Å². The Morgan fingerprint density at radius 3 is 3.13 bits per heavy atom. The van der Waals surface area contributed by atoms with E-state index in [9.17, 15) is 4.79 Å². The van der Waals surface area contributed by atoms with E-state index in [2.05, 4.69) is 22.2 Å². The molecule has 1 rings (SSSR count). The van der Waals surface area contributed by atoms with Crippen LogP contribution in [0.2, 0.25) is 0 Å². The van der Waals surface area contributed by atoms with Crippen LogP contribution in [-0.2, 0) is 0 Å². The number of hydrogen-bond donors (Lipinski definition) is 2. The molecule has 0 aliphatic carbocycles. The van der Waals surface area contributed by atoms with E-state index in [1.54, 1.807) is 0 Å². The number of alkyl halides is 1. The van der Waals surface area contributed by atoms with E-state index in [1.807, 2.05) is 22.6 Å². The van der Waals surface area contributed by atoms with Crippen LogP contribution in [0.5, 0.6) is 0 Å². The second kappa shape index (κ2) is 6.32. The highest BCUT2D eigenvalue weighted by molar-refractivity contribution is 14.1. The maximum Gasteiger partial charge on any atom is 0.266 e. The number of anilines is 1. The number of halogens is 2. The van der Waals surface area contributed by atoms with Crippen LogP contribution in [-0.4, -0.2) is 22.4 Å². The van der Waals surface area contributed by atoms with Gasteiger partial charge in [-0.05, 0) is 34.9 Å². The number of aromatic amines is 1. The summed E-state index contributed by atoms with van der Waals surface area (Å²) in [5.74, 6) is 1.77. The van der Waals surface area contributed by atoms with Crippen molar-refractivity contribution in [2.75, 3.05) is 17.7 Å². The Morgan fingerprint density at radius 2 is 2.47 bits per heavy atom. The van der Waals surface area contributed by atoms with Crippen LogP contribution in [0.4, 0.5) is 5.82 Å². The molecule has 0 saturated heterocycles. The number of rotatable bonds is 5. The van der Waals surface area contributed by atoms with Gasteiger partial charge in [-0.15, -0.1) is 11.6 Å². The summed E-state index contributed by atoms with van der Waals surface area (Å²) in [6, 6.07) is 0. The van der Waals surface area contributed by atoms with Crippen LogP contribution in [0, 0.1) is 9.49 Å². The largest absolute Gasteiger partial charge is 0.369 e. The van der Waals surface area contributed by atoms with Crippen molar-refractivity contribution in [3.05, 3.63) is 20.3 Å². The molecule has 1 atom stereocenters. The van der Waals surface area contributed by atoms with Gasteiger partial charge in [-0.2, -0.15) is 0 Å². The maximum absolute atomic E-state index is 11.2. The fourth-order valence-electron chi connectivity index (χ4n) is 1.07. The summed E-state index contributed by atoms with van der Waals surface area (Å²) in [6.45, 7) is 2.88. The Bertz CT molecular complexity index is 369. The minimum absolute atomic E-state index is 0.113. The van der Waals surface area contributed by atoms with Gasteiger partial charge in [-0.25, -0.2) is 4.98 Å². The molecule has 2 N–H and O–H groups in total. The Morgan fingerprint density at radius 1 is 1.73 bits per heavy atom. The first-order valence-corrected chi connectivity index (χ1v) is 6.29. The summed E-state index contributed by atoms with van der Waals surface area (Å²) in [7, 11) is 0. The predicted molar refractivity (Wildman–Crippen MR) is 70.6 cm³/mol. The first-order valence-electron chi connectivity index (χ1n) is 4.68. The minimum atomic E-state index is -0.113. The molecule has 4 nitrogen and oxygen atoms in total. The van der Waals surface area contributed by atoms with E-state index in [-0.39, 0.29) is 5.56 Å². The lowest BCUT2D eigenvalue weighted by atomic mass is 10.1. The van der Waals surface area contributed by atoms with Crippen molar-refractivity contribution in [3.8, 4) is 0 Å². The van der Waals surface area contributed by atoms with Gasteiger partial charge in [0.05, 0.1) is 6.33 Å². The Hall–Kier alpha value is -0.300. The van der Waals surface area contributed by atoms with Gasteiger partial charge in [-0.1, -0.05) is 6.92 Å². The molecule has 0 bridgehead atoms. The van der Waals surface area contributed by atoms with Crippen molar-refractivity contribution in [3.63, 3.8) is 0 Å². The van der Waals surface area contributed by atoms with Gasteiger partial charge < -0.3 is 10.3 Å². The number of aromatic nitrogens is 2. The summed E-state index contributed by atoms with van der Waals surface area (Å²) >= 11 is 7.61. The average molecular weight is 342 g/mol. The predicted octanol–water partition coefficient (Wildman–Crippen LogP) is 2.05. The Balaban J connectivity index is 2.58. The second-order valence-corrected chi connectivity index (χ2v) is 4.81. The highest BCUT2D eigenvalue weighted by atomic mass is 127. The third-order valence-corrected chi connectivity index (χ3v) is 3.24. The van der Waals surface area contributed by atoms with Crippen LogP contribution >= 0.6 is 34.2 Å². The van der Waals surface area contributed by atoms with Crippen LogP contribution in [0.3, 0.4) is 0 Å². The quantitative estimate of drug-likeness (QED) is 0.636. The van der Waals surface area contributed by atoms with Crippen LogP contribution in [0.15, 0.2) is 11.1 Å². The van der Waals surface area contributed by atoms with E-state index in [1.165, 1.54) is 6.33 Å². The number of hydrogen-bond acceptors (Lipinski definition) is 3. The molecular weight excluding hydrogens is 328 g/mol. The molecule has 0 fully saturated rings. The van der Waals surface area contributed by atoms with Crippen molar-refractivity contribution in [1.82, 2.24) is 9.97 Å². The SMILES string of the molecule is CC(CCCl)CNc1nc[nH]c(=O)c1I. The molecule has 15 heavy (non-hydrogen) atoms. The fourth-order valence-corrected chi connectivity index (χ4v) is 1.92. The van der Waals surface area contributed by atoms with Crippen LogP contribution in [0.1, 0.15) is 13.3 Å². The molecule has 0 aromatic carbocycles. The lowest BCUT2D eigenvalue weighted by molar-refractivity contribution is 0.595. The number of nitrogens with zero attached hydrogens (tertiary/aromatic N) is 1. The van der Waals surface area contributed by atoms with Crippen molar-refractivity contribution in [2.45, 2.75) is 13.3 Å². The highest BCUT2D eigenvalue weighted by Crippen LogP contribution is 2.10. The third kappa shape index (κ3) is 3.98. The van der Waals surface area contributed by atoms with E-state index in [0.717, 1.165) is 13.0 Å². The van der Waals surface area contributed by atoms with Crippen molar-refractivity contribution in [1.29, 1.82) is 0 Å². The molecular formula is C9H13ClIN3O. The standard InChI is InChI=1S/C9H13ClIN3O/c1-6(2-3-10)4-12-8-7(11)9(15)14-5-13-8/h5-6H,2-4H2,1H3,(H2,12,13,14,15). The van der Waals surface area contributed by atoms with E-state index < -0.39 is 0 Å². The van der Waals surface area contributed by atoms with Gasteiger partial charge in [0.25, 0.3) is 5.56 Å². The van der Waals surface area contributed by atoms with Crippen molar-refractivity contribution < 1.29 is 0 Å². The van der Waals surface area contributed by atoms with Gasteiger partial charge >= 0.3 is 0 Å². The van der Waals surface area contributed by atoms with Crippen molar-refractivity contribution in [2.24, 2.45) is 5.92 Å². The number of nitrogens with one attached hydrogen (secondary N) is 2. The first-order chi connectivity index (χ1) is 7.15. The zero-order valence-corrected chi connectivity index (χ0v) is 11.3. The van der Waals surface area contributed by atoms with Gasteiger partial charge in [0.2, 0.25) is 0 Å². The smallest absolute Gasteiger partial charge is 0.266 e. The monoisotopic (exact) mass is 341 g/mol. The molecule has 0 radical (unpaired) electrons. The van der Waals surface area contributed by atoms with Gasteiger partial charge in [0.15, 0.2) is 0 Å². The van der Waals surface area contributed by atoms with Crippen molar-refractivity contribution >= 4 is 40.0 Å².